The number of pyridine rings is 1. The van der Waals surface area contributed by atoms with Gasteiger partial charge in [0.25, 0.3) is 0 Å². The number of carbonyl (C=O) groups is 1. The highest BCUT2D eigenvalue weighted by molar-refractivity contribution is 6.01. The average molecular weight is 242 g/mol. The van der Waals surface area contributed by atoms with Gasteiger partial charge in [-0.2, -0.15) is 0 Å². The Bertz CT molecular complexity index is 550. The summed E-state index contributed by atoms with van der Waals surface area (Å²) in [7, 11) is 0. The largest absolute Gasteiger partial charge is 0.322 e. The molecular weight excluding hydrogens is 231 g/mol. The molecule has 1 aromatic heterocycles. The number of anilines is 1. The Hall–Kier alpha value is -2.49. The fourth-order valence-corrected chi connectivity index (χ4v) is 1.36. The van der Waals surface area contributed by atoms with Crippen LogP contribution >= 0.6 is 0 Å². The van der Waals surface area contributed by atoms with Gasteiger partial charge in [0.1, 0.15) is 5.82 Å². The van der Waals surface area contributed by atoms with Crippen molar-refractivity contribution in [3.63, 3.8) is 0 Å². The molecule has 0 atom stereocenters. The normalized spacial score (nSPS) is 10.5. The third-order valence-corrected chi connectivity index (χ3v) is 2.25. The number of rotatable bonds is 3. The molecule has 4 heteroatoms. The van der Waals surface area contributed by atoms with Crippen LogP contribution < -0.4 is 5.32 Å². The molecule has 1 amide bonds. The molecule has 2 rings (SSSR count). The molecule has 0 radical (unpaired) electrons. The summed E-state index contributed by atoms with van der Waals surface area (Å²) in [5, 5.41) is 2.68. The Morgan fingerprint density at radius 3 is 2.44 bits per heavy atom. The number of amides is 1. The third kappa shape index (κ3) is 3.52. The van der Waals surface area contributed by atoms with E-state index in [1.54, 1.807) is 42.7 Å². The molecule has 2 aromatic rings. The number of hydrogen-bond donors (Lipinski definition) is 1. The number of benzene rings is 1. The second kappa shape index (κ2) is 5.72. The molecule has 0 aliphatic rings. The Morgan fingerprint density at radius 1 is 1.11 bits per heavy atom. The highest BCUT2D eigenvalue weighted by atomic mass is 19.1. The van der Waals surface area contributed by atoms with Crippen LogP contribution in [0.15, 0.2) is 54.9 Å². The maximum absolute atomic E-state index is 12.7. The fraction of sp³-hybridized carbons (Fsp3) is 0. The summed E-state index contributed by atoms with van der Waals surface area (Å²) in [6.45, 7) is 0. The van der Waals surface area contributed by atoms with Crippen LogP contribution in [-0.2, 0) is 4.79 Å². The van der Waals surface area contributed by atoms with E-state index in [1.807, 2.05) is 0 Å². The molecule has 0 spiro atoms. The molecule has 0 fully saturated rings. The van der Waals surface area contributed by atoms with E-state index in [0.29, 0.717) is 5.69 Å². The number of nitrogens with one attached hydrogen (secondary N) is 1. The first-order valence-electron chi connectivity index (χ1n) is 5.39. The minimum Gasteiger partial charge on any atom is -0.322 e. The van der Waals surface area contributed by atoms with Crippen molar-refractivity contribution < 1.29 is 9.18 Å². The van der Waals surface area contributed by atoms with Crippen LogP contribution in [0.2, 0.25) is 0 Å². The van der Waals surface area contributed by atoms with Crippen molar-refractivity contribution >= 4 is 17.7 Å². The number of nitrogens with zero attached hydrogens (tertiary/aromatic N) is 1. The van der Waals surface area contributed by atoms with Crippen LogP contribution in [-0.4, -0.2) is 10.9 Å². The fourth-order valence-electron chi connectivity index (χ4n) is 1.36. The molecule has 3 nitrogen and oxygen atoms in total. The summed E-state index contributed by atoms with van der Waals surface area (Å²) in [5.41, 5.74) is 1.44. The van der Waals surface area contributed by atoms with E-state index in [1.165, 1.54) is 18.2 Å². The molecule has 0 saturated carbocycles. The zero-order chi connectivity index (χ0) is 12.8. The maximum atomic E-state index is 12.7. The molecule has 0 aliphatic carbocycles. The molecule has 1 heterocycles. The van der Waals surface area contributed by atoms with Gasteiger partial charge in [-0.1, -0.05) is 12.1 Å². The van der Waals surface area contributed by atoms with E-state index in [2.05, 4.69) is 10.3 Å². The molecule has 18 heavy (non-hydrogen) atoms. The quantitative estimate of drug-likeness (QED) is 0.841. The minimum absolute atomic E-state index is 0.245. The van der Waals surface area contributed by atoms with Crippen molar-refractivity contribution in [1.29, 1.82) is 0 Å². The summed E-state index contributed by atoms with van der Waals surface area (Å²) in [6, 6.07) is 9.30. The van der Waals surface area contributed by atoms with Gasteiger partial charge in [-0.3, -0.25) is 9.78 Å². The molecule has 0 bridgehead atoms. The van der Waals surface area contributed by atoms with Gasteiger partial charge in [0.15, 0.2) is 0 Å². The van der Waals surface area contributed by atoms with Crippen molar-refractivity contribution in [1.82, 2.24) is 4.98 Å². The Balaban J connectivity index is 1.97. The molecule has 0 saturated heterocycles. The summed E-state index contributed by atoms with van der Waals surface area (Å²) in [4.78, 5) is 15.4. The minimum atomic E-state index is -0.298. The molecule has 1 N–H and O–H groups in total. The predicted octanol–water partition coefficient (Wildman–Crippen LogP) is 2.87. The van der Waals surface area contributed by atoms with Crippen LogP contribution in [0.5, 0.6) is 0 Å². The van der Waals surface area contributed by atoms with Crippen LogP contribution in [0.25, 0.3) is 6.08 Å². The second-order valence-corrected chi connectivity index (χ2v) is 3.61. The van der Waals surface area contributed by atoms with Crippen LogP contribution in [0.4, 0.5) is 10.1 Å². The molecule has 0 aliphatic heterocycles. The number of hydrogen-bond acceptors (Lipinski definition) is 2. The topological polar surface area (TPSA) is 42.0 Å². The Kier molecular flexibility index (Phi) is 3.81. The monoisotopic (exact) mass is 242 g/mol. The SMILES string of the molecule is O=C(/C=C\c1ccc(F)cc1)Nc1ccncc1. The predicted molar refractivity (Wildman–Crippen MR) is 68.3 cm³/mol. The van der Waals surface area contributed by atoms with Crippen molar-refractivity contribution in [2.45, 2.75) is 0 Å². The van der Waals surface area contributed by atoms with Crippen LogP contribution in [0, 0.1) is 5.82 Å². The number of aromatic nitrogens is 1. The van der Waals surface area contributed by atoms with Crippen molar-refractivity contribution in [3.05, 3.63) is 66.2 Å². The van der Waals surface area contributed by atoms with Gasteiger partial charge in [0.05, 0.1) is 0 Å². The zero-order valence-corrected chi connectivity index (χ0v) is 9.51. The highest BCUT2D eigenvalue weighted by Gasteiger charge is 1.96. The Labute approximate surface area is 104 Å². The second-order valence-electron chi connectivity index (χ2n) is 3.61. The first kappa shape index (κ1) is 12.0. The van der Waals surface area contributed by atoms with Gasteiger partial charge in [-0.25, -0.2) is 4.39 Å². The molecule has 90 valence electrons. The number of carbonyl (C=O) groups excluding carboxylic acids is 1. The van der Waals surface area contributed by atoms with Crippen molar-refractivity contribution in [2.24, 2.45) is 0 Å². The van der Waals surface area contributed by atoms with Gasteiger partial charge < -0.3 is 5.32 Å². The van der Waals surface area contributed by atoms with Gasteiger partial charge in [0, 0.05) is 24.2 Å². The lowest BCUT2D eigenvalue weighted by Gasteiger charge is -2.00. The summed E-state index contributed by atoms with van der Waals surface area (Å²) in [5.74, 6) is -0.543. The van der Waals surface area contributed by atoms with Crippen molar-refractivity contribution in [3.8, 4) is 0 Å². The van der Waals surface area contributed by atoms with E-state index >= 15 is 0 Å². The lowest BCUT2D eigenvalue weighted by atomic mass is 10.2. The van der Waals surface area contributed by atoms with Gasteiger partial charge in [-0.05, 0) is 35.9 Å². The van der Waals surface area contributed by atoms with E-state index in [0.717, 1.165) is 5.56 Å². The standard InChI is InChI=1S/C14H11FN2O/c15-12-4-1-11(2-5-12)3-6-14(18)17-13-7-9-16-10-8-13/h1-10H,(H,16,17,18)/b6-3-. The third-order valence-electron chi connectivity index (χ3n) is 2.25. The van der Waals surface area contributed by atoms with Crippen LogP contribution in [0.1, 0.15) is 5.56 Å². The molecule has 0 unspecified atom stereocenters. The lowest BCUT2D eigenvalue weighted by Crippen LogP contribution is -2.07. The average Bonchev–Trinajstić information content (AvgIpc) is 2.39. The first-order valence-corrected chi connectivity index (χ1v) is 5.39. The van der Waals surface area contributed by atoms with E-state index in [4.69, 9.17) is 0 Å². The smallest absolute Gasteiger partial charge is 0.248 e. The molecule has 1 aromatic carbocycles. The van der Waals surface area contributed by atoms with Crippen molar-refractivity contribution in [2.75, 3.05) is 5.32 Å². The first-order chi connectivity index (χ1) is 8.74. The lowest BCUT2D eigenvalue weighted by molar-refractivity contribution is -0.111. The summed E-state index contributed by atoms with van der Waals surface area (Å²) in [6.07, 6.45) is 6.21. The van der Waals surface area contributed by atoms with E-state index < -0.39 is 0 Å². The zero-order valence-electron chi connectivity index (χ0n) is 9.51. The van der Waals surface area contributed by atoms with Gasteiger partial charge in [0.2, 0.25) is 5.91 Å². The highest BCUT2D eigenvalue weighted by Crippen LogP contribution is 2.06. The van der Waals surface area contributed by atoms with Gasteiger partial charge >= 0.3 is 0 Å². The van der Waals surface area contributed by atoms with E-state index in [-0.39, 0.29) is 11.7 Å². The Morgan fingerprint density at radius 2 is 1.78 bits per heavy atom. The van der Waals surface area contributed by atoms with E-state index in [9.17, 15) is 9.18 Å². The maximum Gasteiger partial charge on any atom is 0.248 e. The molecular formula is C14H11FN2O. The number of halogens is 1. The van der Waals surface area contributed by atoms with Gasteiger partial charge in [-0.15, -0.1) is 0 Å². The summed E-state index contributed by atoms with van der Waals surface area (Å²) >= 11 is 0. The summed E-state index contributed by atoms with van der Waals surface area (Å²) < 4.78 is 12.7. The van der Waals surface area contributed by atoms with Crippen LogP contribution in [0.3, 0.4) is 0 Å².